The molecule has 8 rings (SSSR count). The number of carbonyl (C=O) groups is 4. The van der Waals surface area contributed by atoms with Crippen molar-refractivity contribution in [2.75, 3.05) is 92.0 Å². The number of piperidine rings is 4. The van der Waals surface area contributed by atoms with Crippen molar-refractivity contribution in [3.8, 4) is 6.07 Å². The smallest absolute Gasteiger partial charge is 0.371 e. The van der Waals surface area contributed by atoms with Crippen LogP contribution in [0.2, 0.25) is 0 Å². The zero-order valence-electron chi connectivity index (χ0n) is 35.3. The summed E-state index contributed by atoms with van der Waals surface area (Å²) in [6.07, 6.45) is 4.74. The van der Waals surface area contributed by atoms with Crippen LogP contribution in [0.15, 0.2) is 54.9 Å². The van der Waals surface area contributed by atoms with Gasteiger partial charge in [0, 0.05) is 96.1 Å². The molecule has 1 aromatic carbocycles. The summed E-state index contributed by atoms with van der Waals surface area (Å²) in [4.78, 5) is 69.9. The molecule has 0 spiro atoms. The van der Waals surface area contributed by atoms with E-state index in [0.717, 1.165) is 102 Å². The number of hydrogen-bond donors (Lipinski definition) is 3. The molecule has 3 N–H and O–H groups in total. The van der Waals surface area contributed by atoms with Crippen molar-refractivity contribution >= 4 is 46.5 Å². The Morgan fingerprint density at radius 2 is 1.38 bits per heavy atom. The van der Waals surface area contributed by atoms with E-state index < -0.39 is 35.2 Å². The number of nitrogens with one attached hydrogen (secondary N) is 3. The van der Waals surface area contributed by atoms with Gasteiger partial charge in [0.2, 0.25) is 17.7 Å². The predicted molar refractivity (Wildman–Crippen MR) is 230 cm³/mol. The Bertz CT molecular complexity index is 2150. The number of amides is 4. The molecule has 0 radical (unpaired) electrons. The molecular formula is C45H54F3N11O4. The molecule has 18 heteroatoms. The van der Waals surface area contributed by atoms with Crippen LogP contribution in [0.5, 0.6) is 0 Å². The van der Waals surface area contributed by atoms with Crippen molar-refractivity contribution in [1.29, 1.82) is 5.26 Å². The van der Waals surface area contributed by atoms with Crippen molar-refractivity contribution < 1.29 is 32.3 Å². The van der Waals surface area contributed by atoms with Crippen LogP contribution in [0.3, 0.4) is 0 Å². The third-order valence-corrected chi connectivity index (χ3v) is 13.4. The number of piperazine rings is 1. The summed E-state index contributed by atoms with van der Waals surface area (Å²) in [5.41, 5.74) is 1.30. The van der Waals surface area contributed by atoms with E-state index in [1.165, 1.54) is 12.1 Å². The minimum absolute atomic E-state index is 0.144. The van der Waals surface area contributed by atoms with Gasteiger partial charge in [-0.05, 0) is 93.3 Å². The van der Waals surface area contributed by atoms with E-state index >= 15 is 0 Å². The minimum atomic E-state index is -4.62. The van der Waals surface area contributed by atoms with Gasteiger partial charge in [-0.25, -0.2) is 9.97 Å². The normalized spacial score (nSPS) is 21.5. The Balaban J connectivity index is 0.708. The summed E-state index contributed by atoms with van der Waals surface area (Å²) in [5.74, 6) is -0.543. The van der Waals surface area contributed by atoms with E-state index in [2.05, 4.69) is 45.5 Å². The lowest BCUT2D eigenvalue weighted by Crippen LogP contribution is -2.54. The number of pyridine rings is 2. The topological polar surface area (TPSA) is 170 Å². The first kappa shape index (κ1) is 43.8. The lowest BCUT2D eigenvalue weighted by molar-refractivity contribution is -0.138. The molecule has 1 atom stereocenters. The van der Waals surface area contributed by atoms with Gasteiger partial charge >= 0.3 is 6.18 Å². The molecule has 4 amide bonds. The highest BCUT2D eigenvalue weighted by molar-refractivity contribution is 6.03. The standard InChI is InChI=1S/C45H54F3N11O4/c46-45(47,48)37-25-34(2-1-32(37)26-49)56-17-11-31(12-18-56)42(61)53-40-7-4-36(28-51-40)57-15-9-30(10-16-57)29-55-21-23-59(24-22-55)33-13-19-58(20-14-33)35-3-5-38(50-27-35)43(62)52-39-6-8-41(60)54-44(39)63/h1-5,7,25,27-28,30-31,33,39H,6,8-24,29H2,(H,52,62)(H,51,53,61)(H,54,60,63). The van der Waals surface area contributed by atoms with E-state index in [4.69, 9.17) is 5.26 Å². The van der Waals surface area contributed by atoms with Crippen LogP contribution in [0.1, 0.15) is 73.0 Å². The Hall–Kier alpha value is -5.80. The highest BCUT2D eigenvalue weighted by atomic mass is 19.4. The number of nitriles is 1. The fourth-order valence-electron chi connectivity index (χ4n) is 9.65. The van der Waals surface area contributed by atoms with Crippen LogP contribution in [-0.4, -0.2) is 127 Å². The van der Waals surface area contributed by atoms with E-state index in [9.17, 15) is 32.3 Å². The second kappa shape index (κ2) is 19.3. The molecule has 5 saturated heterocycles. The fraction of sp³-hybridized carbons (Fsp3) is 0.533. The average Bonchev–Trinajstić information content (AvgIpc) is 3.30. The second-order valence-electron chi connectivity index (χ2n) is 17.4. The van der Waals surface area contributed by atoms with E-state index in [1.807, 2.05) is 29.3 Å². The Morgan fingerprint density at radius 1 is 0.762 bits per heavy atom. The molecule has 1 unspecified atom stereocenters. The average molecular weight is 870 g/mol. The molecule has 63 heavy (non-hydrogen) atoms. The van der Waals surface area contributed by atoms with Crippen molar-refractivity contribution in [2.45, 2.75) is 69.6 Å². The molecule has 334 valence electrons. The molecule has 0 saturated carbocycles. The predicted octanol–water partition coefficient (Wildman–Crippen LogP) is 4.26. The highest BCUT2D eigenvalue weighted by Gasteiger charge is 2.35. The van der Waals surface area contributed by atoms with Gasteiger partial charge in [-0.1, -0.05) is 0 Å². The molecule has 15 nitrogen and oxygen atoms in total. The van der Waals surface area contributed by atoms with Crippen LogP contribution in [0.4, 0.5) is 36.1 Å². The number of anilines is 4. The summed E-state index contributed by atoms with van der Waals surface area (Å²) in [7, 11) is 0. The Labute approximate surface area is 365 Å². The molecule has 0 bridgehead atoms. The van der Waals surface area contributed by atoms with Crippen molar-refractivity contribution in [2.24, 2.45) is 11.8 Å². The van der Waals surface area contributed by atoms with Crippen LogP contribution in [-0.2, 0) is 20.6 Å². The van der Waals surface area contributed by atoms with Gasteiger partial charge in [-0.2, -0.15) is 18.4 Å². The summed E-state index contributed by atoms with van der Waals surface area (Å²) < 4.78 is 40.5. The largest absolute Gasteiger partial charge is 0.417 e. The zero-order valence-corrected chi connectivity index (χ0v) is 35.3. The maximum atomic E-state index is 13.5. The van der Waals surface area contributed by atoms with Gasteiger partial charge < -0.3 is 30.2 Å². The number of carbonyl (C=O) groups excluding carboxylic acids is 4. The molecule has 0 aliphatic carbocycles. The SMILES string of the molecule is N#Cc1ccc(N2CCC(C(=O)Nc3ccc(N4CCC(CN5CCN(C6CCN(c7ccc(C(=O)NC8CCC(=O)NC8=O)nc7)CC6)CC5)CC4)cn3)CC2)cc1C(F)(F)F. The highest BCUT2D eigenvalue weighted by Crippen LogP contribution is 2.36. The first-order chi connectivity index (χ1) is 30.4. The number of rotatable bonds is 10. The summed E-state index contributed by atoms with van der Waals surface area (Å²) in [6.45, 7) is 10.0. The van der Waals surface area contributed by atoms with Gasteiger partial charge in [-0.3, -0.25) is 29.4 Å². The number of benzene rings is 1. The molecule has 3 aromatic rings. The quantitative estimate of drug-likeness (QED) is 0.248. The molecule has 2 aromatic heterocycles. The van der Waals surface area contributed by atoms with Crippen LogP contribution in [0, 0.1) is 23.2 Å². The zero-order chi connectivity index (χ0) is 44.1. The van der Waals surface area contributed by atoms with Gasteiger partial charge in [0.05, 0.1) is 41.0 Å². The maximum absolute atomic E-state index is 13.5. The van der Waals surface area contributed by atoms with Crippen molar-refractivity contribution in [1.82, 2.24) is 30.4 Å². The fourth-order valence-corrected chi connectivity index (χ4v) is 9.65. The Kier molecular flexibility index (Phi) is 13.4. The van der Waals surface area contributed by atoms with Crippen molar-refractivity contribution in [3.05, 3.63) is 71.7 Å². The first-order valence-corrected chi connectivity index (χ1v) is 22.1. The lowest BCUT2D eigenvalue weighted by Gasteiger charge is -2.44. The number of halogens is 3. The molecule has 5 fully saturated rings. The summed E-state index contributed by atoms with van der Waals surface area (Å²) >= 11 is 0. The third kappa shape index (κ3) is 10.7. The number of imide groups is 1. The number of hydrogen-bond acceptors (Lipinski definition) is 12. The molecule has 7 heterocycles. The molecule has 5 aliphatic heterocycles. The number of alkyl halides is 3. The van der Waals surface area contributed by atoms with E-state index in [1.54, 1.807) is 18.3 Å². The minimum Gasteiger partial charge on any atom is -0.371 e. The molecule has 5 aliphatic rings. The second-order valence-corrected chi connectivity index (χ2v) is 17.4. The molecular weight excluding hydrogens is 816 g/mol. The van der Waals surface area contributed by atoms with E-state index in [0.29, 0.717) is 49.4 Å². The van der Waals surface area contributed by atoms with Gasteiger partial charge in [0.25, 0.3) is 5.91 Å². The first-order valence-electron chi connectivity index (χ1n) is 22.1. The third-order valence-electron chi connectivity index (χ3n) is 13.4. The lowest BCUT2D eigenvalue weighted by atomic mass is 9.95. The monoisotopic (exact) mass is 869 g/mol. The summed E-state index contributed by atoms with van der Waals surface area (Å²) in [6, 6.07) is 12.6. The summed E-state index contributed by atoms with van der Waals surface area (Å²) in [5, 5.41) is 17.0. The van der Waals surface area contributed by atoms with Gasteiger partial charge in [0.1, 0.15) is 17.6 Å². The van der Waals surface area contributed by atoms with Crippen LogP contribution < -0.4 is 30.7 Å². The van der Waals surface area contributed by atoms with Gasteiger partial charge in [-0.15, -0.1) is 0 Å². The number of nitrogens with zero attached hydrogens (tertiary/aromatic N) is 8. The van der Waals surface area contributed by atoms with E-state index in [-0.39, 0.29) is 36.3 Å². The van der Waals surface area contributed by atoms with Crippen LogP contribution in [0.25, 0.3) is 0 Å². The van der Waals surface area contributed by atoms with Gasteiger partial charge in [0.15, 0.2) is 0 Å². The van der Waals surface area contributed by atoms with Crippen molar-refractivity contribution in [3.63, 3.8) is 0 Å². The Morgan fingerprint density at radius 3 is 1.98 bits per heavy atom. The number of aromatic nitrogens is 2. The van der Waals surface area contributed by atoms with Crippen LogP contribution >= 0.6 is 0 Å². The maximum Gasteiger partial charge on any atom is 0.417 e.